The fourth-order valence-corrected chi connectivity index (χ4v) is 9.22. The Kier molecular flexibility index (Phi) is 5.77. The number of rotatable bonds is 5. The van der Waals surface area contributed by atoms with Crippen LogP contribution < -0.4 is 0 Å². The van der Waals surface area contributed by atoms with Gasteiger partial charge >= 0.3 is 0 Å². The average molecular weight is 373 g/mol. The van der Waals surface area contributed by atoms with E-state index in [1.54, 1.807) is 51.4 Å². The highest BCUT2D eigenvalue weighted by atomic mass is 14.6. The van der Waals surface area contributed by atoms with E-state index in [0.29, 0.717) is 10.8 Å². The minimum atomic E-state index is 0.675. The Morgan fingerprint density at radius 3 is 2.33 bits per heavy atom. The maximum Gasteiger partial charge on any atom is -0.0264 e. The van der Waals surface area contributed by atoms with Gasteiger partial charge in [0.05, 0.1) is 0 Å². The predicted octanol–water partition coefficient (Wildman–Crippen LogP) is 8.50. The number of hydrogen-bond donors (Lipinski definition) is 0. The summed E-state index contributed by atoms with van der Waals surface area (Å²) in [6, 6.07) is 0. The van der Waals surface area contributed by atoms with Gasteiger partial charge in [-0.25, -0.2) is 0 Å². The minimum absolute atomic E-state index is 0.675. The number of fused-ring (bicyclic) bond motifs is 5. The van der Waals surface area contributed by atoms with Crippen LogP contribution >= 0.6 is 0 Å². The molecule has 0 aromatic heterocycles. The van der Waals surface area contributed by atoms with Gasteiger partial charge in [-0.15, -0.1) is 0 Å². The third kappa shape index (κ3) is 3.34. The van der Waals surface area contributed by atoms with E-state index in [-0.39, 0.29) is 0 Å². The number of hydrogen-bond acceptors (Lipinski definition) is 0. The van der Waals surface area contributed by atoms with Crippen molar-refractivity contribution in [3.63, 3.8) is 0 Å². The molecule has 0 N–H and O–H groups in total. The summed E-state index contributed by atoms with van der Waals surface area (Å²) in [7, 11) is 0. The fourth-order valence-electron chi connectivity index (χ4n) is 9.22. The van der Waals surface area contributed by atoms with Gasteiger partial charge < -0.3 is 0 Å². The van der Waals surface area contributed by atoms with Crippen molar-refractivity contribution in [2.75, 3.05) is 0 Å². The lowest BCUT2D eigenvalue weighted by atomic mass is 9.44. The second-order valence-corrected chi connectivity index (χ2v) is 12.2. The van der Waals surface area contributed by atoms with Crippen LogP contribution in [0.15, 0.2) is 0 Å². The lowest BCUT2D eigenvalue weighted by molar-refractivity contribution is -0.114. The third-order valence-electron chi connectivity index (χ3n) is 11.2. The average Bonchev–Trinajstić information content (AvgIpc) is 3.02. The van der Waals surface area contributed by atoms with Crippen LogP contribution in [0.3, 0.4) is 0 Å². The molecule has 0 saturated heterocycles. The Balaban J connectivity index is 1.48. The highest BCUT2D eigenvalue weighted by Crippen LogP contribution is 2.68. The van der Waals surface area contributed by atoms with Crippen LogP contribution in [-0.4, -0.2) is 0 Å². The summed E-state index contributed by atoms with van der Waals surface area (Å²) in [4.78, 5) is 0. The van der Waals surface area contributed by atoms with E-state index >= 15 is 0 Å². The molecule has 156 valence electrons. The van der Waals surface area contributed by atoms with Crippen molar-refractivity contribution in [2.45, 2.75) is 118 Å². The topological polar surface area (TPSA) is 0 Å². The van der Waals surface area contributed by atoms with Crippen molar-refractivity contribution in [1.29, 1.82) is 0 Å². The molecule has 4 saturated carbocycles. The van der Waals surface area contributed by atoms with Gasteiger partial charge in [-0.1, -0.05) is 66.7 Å². The monoisotopic (exact) mass is 372 g/mol. The van der Waals surface area contributed by atoms with Crippen LogP contribution in [0.1, 0.15) is 118 Å². The van der Waals surface area contributed by atoms with Crippen molar-refractivity contribution >= 4 is 0 Å². The fraction of sp³-hybridized carbons (Fsp3) is 1.00. The van der Waals surface area contributed by atoms with Gasteiger partial charge in [-0.2, -0.15) is 0 Å². The molecule has 4 aliphatic rings. The second-order valence-electron chi connectivity index (χ2n) is 12.2. The Hall–Kier alpha value is 0. The zero-order valence-electron chi connectivity index (χ0n) is 19.2. The van der Waals surface area contributed by atoms with E-state index in [4.69, 9.17) is 0 Å². The van der Waals surface area contributed by atoms with Gasteiger partial charge in [0.2, 0.25) is 0 Å². The first-order chi connectivity index (χ1) is 12.9. The van der Waals surface area contributed by atoms with Crippen molar-refractivity contribution in [2.24, 2.45) is 52.3 Å². The van der Waals surface area contributed by atoms with Crippen LogP contribution in [0.4, 0.5) is 0 Å². The van der Waals surface area contributed by atoms with Crippen LogP contribution in [0.5, 0.6) is 0 Å². The van der Waals surface area contributed by atoms with Gasteiger partial charge in [0.25, 0.3) is 0 Å². The van der Waals surface area contributed by atoms with Crippen LogP contribution in [0.25, 0.3) is 0 Å². The lowest BCUT2D eigenvalue weighted by Crippen LogP contribution is -2.53. The van der Waals surface area contributed by atoms with E-state index in [1.807, 2.05) is 0 Å². The molecule has 0 aromatic rings. The molecule has 0 bridgehead atoms. The molecule has 0 heterocycles. The van der Waals surface area contributed by atoms with E-state index in [0.717, 1.165) is 41.4 Å². The molecule has 4 aliphatic carbocycles. The molecular weight excluding hydrogens is 324 g/mol. The summed E-state index contributed by atoms with van der Waals surface area (Å²) in [6.45, 7) is 12.9. The molecule has 9 unspecified atom stereocenters. The first kappa shape index (κ1) is 20.3. The minimum Gasteiger partial charge on any atom is -0.0651 e. The summed E-state index contributed by atoms with van der Waals surface area (Å²) in [5.74, 6) is 7.18. The van der Waals surface area contributed by atoms with E-state index in [1.165, 1.54) is 32.1 Å². The summed E-state index contributed by atoms with van der Waals surface area (Å²) >= 11 is 0. The second kappa shape index (κ2) is 7.68. The standard InChI is InChI=1S/C27H48/c1-6-19(2)10-11-20(3)23-14-15-24-22-13-12-21-9-7-8-17-26(21,4)25(22)16-18-27(23,24)5/h19-25H,6-18H2,1-5H3. The Bertz CT molecular complexity index is 508. The smallest absolute Gasteiger partial charge is 0.0264 e. The van der Waals surface area contributed by atoms with Gasteiger partial charge in [0.15, 0.2) is 0 Å². The molecule has 27 heavy (non-hydrogen) atoms. The molecule has 0 aromatic carbocycles. The quantitative estimate of drug-likeness (QED) is 0.453. The largest absolute Gasteiger partial charge is 0.0651 e. The van der Waals surface area contributed by atoms with Gasteiger partial charge in [0, 0.05) is 0 Å². The molecule has 0 nitrogen and oxygen atoms in total. The molecule has 0 aliphatic heterocycles. The predicted molar refractivity (Wildman–Crippen MR) is 118 cm³/mol. The molecule has 0 radical (unpaired) electrons. The molecular formula is C27H48. The SMILES string of the molecule is CCC(C)CCC(C)C1CCC2C3CCC4CCCCC4(C)C3CCC12C. The maximum absolute atomic E-state index is 2.75. The Morgan fingerprint density at radius 1 is 0.778 bits per heavy atom. The lowest BCUT2D eigenvalue weighted by Gasteiger charge is -2.61. The highest BCUT2D eigenvalue weighted by Gasteiger charge is 2.59. The molecule has 0 amide bonds. The molecule has 9 atom stereocenters. The van der Waals surface area contributed by atoms with Gasteiger partial charge in [-0.3, -0.25) is 0 Å². The normalized spacial score (nSPS) is 49.0. The van der Waals surface area contributed by atoms with Crippen LogP contribution in [-0.2, 0) is 0 Å². The molecule has 0 spiro atoms. The Morgan fingerprint density at radius 2 is 1.56 bits per heavy atom. The zero-order valence-corrected chi connectivity index (χ0v) is 19.2. The summed E-state index contributed by atoms with van der Waals surface area (Å²) < 4.78 is 0. The van der Waals surface area contributed by atoms with Crippen LogP contribution in [0.2, 0.25) is 0 Å². The molecule has 4 fully saturated rings. The van der Waals surface area contributed by atoms with Crippen molar-refractivity contribution in [3.8, 4) is 0 Å². The highest BCUT2D eigenvalue weighted by molar-refractivity contribution is 5.09. The van der Waals surface area contributed by atoms with Crippen molar-refractivity contribution in [3.05, 3.63) is 0 Å². The first-order valence-electron chi connectivity index (χ1n) is 12.9. The van der Waals surface area contributed by atoms with Gasteiger partial charge in [-0.05, 0) is 104 Å². The first-order valence-corrected chi connectivity index (χ1v) is 12.9. The van der Waals surface area contributed by atoms with Crippen molar-refractivity contribution < 1.29 is 0 Å². The molecule has 4 rings (SSSR count). The zero-order chi connectivity index (χ0) is 19.2. The van der Waals surface area contributed by atoms with Crippen LogP contribution in [0, 0.1) is 52.3 Å². The van der Waals surface area contributed by atoms with E-state index in [2.05, 4.69) is 34.6 Å². The summed E-state index contributed by atoms with van der Waals surface area (Å²) in [5, 5.41) is 0. The summed E-state index contributed by atoms with van der Waals surface area (Å²) in [6.07, 6.45) is 19.8. The van der Waals surface area contributed by atoms with Crippen molar-refractivity contribution in [1.82, 2.24) is 0 Å². The van der Waals surface area contributed by atoms with Gasteiger partial charge in [0.1, 0.15) is 0 Å². The molecule has 0 heteroatoms. The van der Waals surface area contributed by atoms with E-state index < -0.39 is 0 Å². The third-order valence-corrected chi connectivity index (χ3v) is 11.2. The summed E-state index contributed by atoms with van der Waals surface area (Å²) in [5.41, 5.74) is 1.39. The maximum atomic E-state index is 2.75. The Labute approximate surface area is 170 Å². The van der Waals surface area contributed by atoms with E-state index in [9.17, 15) is 0 Å².